The van der Waals surface area contributed by atoms with E-state index in [-0.39, 0.29) is 30.3 Å². The number of carbonyl (C=O) groups excluding carboxylic acids is 1. The second kappa shape index (κ2) is 6.73. The van der Waals surface area contributed by atoms with Crippen molar-refractivity contribution in [1.29, 1.82) is 0 Å². The van der Waals surface area contributed by atoms with Crippen LogP contribution in [-0.2, 0) is 22.4 Å². The van der Waals surface area contributed by atoms with E-state index in [1.165, 1.54) is 25.4 Å². The van der Waals surface area contributed by atoms with Gasteiger partial charge in [-0.3, -0.25) is 14.6 Å². The van der Waals surface area contributed by atoms with Crippen molar-refractivity contribution in [3.8, 4) is 11.4 Å². The molecule has 0 saturated heterocycles. The Bertz CT molecular complexity index is 670. The van der Waals surface area contributed by atoms with Crippen molar-refractivity contribution in [2.24, 2.45) is 0 Å². The van der Waals surface area contributed by atoms with E-state index in [0.29, 0.717) is 5.69 Å². The standard InChI is InChI=1S/C13H13F3N4O3/c1-3-10(21)20(22-2)7-9-5-4-8(6-17-9)11-18-12(23-19-11)13(14,15)16/h4-6H,3,7H2,1-2H3. The maximum atomic E-state index is 12.4. The quantitative estimate of drug-likeness (QED) is 0.783. The van der Waals surface area contributed by atoms with E-state index < -0.39 is 12.1 Å². The van der Waals surface area contributed by atoms with Gasteiger partial charge < -0.3 is 4.52 Å². The van der Waals surface area contributed by atoms with Gasteiger partial charge in [-0.25, -0.2) is 5.06 Å². The predicted octanol–water partition coefficient (Wildman–Crippen LogP) is 2.45. The summed E-state index contributed by atoms with van der Waals surface area (Å²) < 4.78 is 41.4. The molecule has 0 aromatic carbocycles. The number of pyridine rings is 1. The molecule has 23 heavy (non-hydrogen) atoms. The van der Waals surface area contributed by atoms with Crippen molar-refractivity contribution in [2.75, 3.05) is 7.11 Å². The Morgan fingerprint density at radius 2 is 2.13 bits per heavy atom. The molecule has 2 aromatic rings. The van der Waals surface area contributed by atoms with Crippen molar-refractivity contribution in [1.82, 2.24) is 20.2 Å². The first-order chi connectivity index (χ1) is 10.8. The maximum Gasteiger partial charge on any atom is 0.471 e. The van der Waals surface area contributed by atoms with Crippen LogP contribution in [0, 0.1) is 0 Å². The highest BCUT2D eigenvalue weighted by atomic mass is 19.4. The van der Waals surface area contributed by atoms with Gasteiger partial charge in [0.05, 0.1) is 19.3 Å². The Balaban J connectivity index is 2.13. The van der Waals surface area contributed by atoms with Crippen LogP contribution in [0.15, 0.2) is 22.9 Å². The molecule has 0 radical (unpaired) electrons. The number of hydrogen-bond donors (Lipinski definition) is 0. The lowest BCUT2D eigenvalue weighted by molar-refractivity contribution is -0.179. The molecule has 0 fully saturated rings. The number of hydrogen-bond acceptors (Lipinski definition) is 6. The highest BCUT2D eigenvalue weighted by molar-refractivity contribution is 5.74. The molecule has 7 nitrogen and oxygen atoms in total. The molecule has 0 aliphatic heterocycles. The average Bonchev–Trinajstić information content (AvgIpc) is 3.02. The number of nitrogens with zero attached hydrogens (tertiary/aromatic N) is 4. The monoisotopic (exact) mass is 330 g/mol. The van der Waals surface area contributed by atoms with Crippen molar-refractivity contribution >= 4 is 5.91 Å². The van der Waals surface area contributed by atoms with E-state index in [0.717, 1.165) is 5.06 Å². The predicted molar refractivity (Wildman–Crippen MR) is 70.4 cm³/mol. The molecular weight excluding hydrogens is 317 g/mol. The van der Waals surface area contributed by atoms with Gasteiger partial charge in [-0.2, -0.15) is 18.2 Å². The lowest BCUT2D eigenvalue weighted by Gasteiger charge is -2.18. The molecule has 2 heterocycles. The first kappa shape index (κ1) is 16.9. The zero-order chi connectivity index (χ0) is 17.0. The minimum atomic E-state index is -4.70. The number of hydroxylamine groups is 2. The molecular formula is C13H13F3N4O3. The van der Waals surface area contributed by atoms with Crippen LogP contribution in [0.5, 0.6) is 0 Å². The molecule has 0 saturated carbocycles. The van der Waals surface area contributed by atoms with E-state index in [9.17, 15) is 18.0 Å². The normalized spacial score (nSPS) is 11.5. The molecule has 0 spiro atoms. The third-order valence-corrected chi connectivity index (χ3v) is 2.86. The molecule has 1 amide bonds. The van der Waals surface area contributed by atoms with Crippen molar-refractivity contribution in [3.63, 3.8) is 0 Å². The van der Waals surface area contributed by atoms with Gasteiger partial charge in [-0.05, 0) is 12.1 Å². The van der Waals surface area contributed by atoms with Gasteiger partial charge >= 0.3 is 12.1 Å². The zero-order valence-electron chi connectivity index (χ0n) is 12.3. The fraction of sp³-hybridized carbons (Fsp3) is 0.385. The zero-order valence-corrected chi connectivity index (χ0v) is 12.3. The summed E-state index contributed by atoms with van der Waals surface area (Å²) in [4.78, 5) is 23.8. The Labute approximate surface area is 129 Å². The molecule has 0 bridgehead atoms. The Morgan fingerprint density at radius 3 is 2.61 bits per heavy atom. The molecule has 2 rings (SSSR count). The average molecular weight is 330 g/mol. The fourth-order valence-electron chi connectivity index (χ4n) is 1.68. The number of aromatic nitrogens is 3. The molecule has 0 atom stereocenters. The summed E-state index contributed by atoms with van der Waals surface area (Å²) in [5.74, 6) is -1.85. The minimum absolute atomic E-state index is 0.115. The molecule has 0 N–H and O–H groups in total. The highest BCUT2D eigenvalue weighted by Gasteiger charge is 2.38. The Kier molecular flexibility index (Phi) is 4.94. The third-order valence-electron chi connectivity index (χ3n) is 2.86. The molecule has 0 aliphatic rings. The van der Waals surface area contributed by atoms with Gasteiger partial charge in [0.1, 0.15) is 0 Å². The summed E-state index contributed by atoms with van der Waals surface area (Å²) in [5, 5.41) is 4.40. The van der Waals surface area contributed by atoms with Crippen LogP contribution in [0.1, 0.15) is 24.9 Å². The third kappa shape index (κ3) is 4.03. The smallest absolute Gasteiger partial charge is 0.329 e. The van der Waals surface area contributed by atoms with Crippen LogP contribution in [0.25, 0.3) is 11.4 Å². The number of rotatable bonds is 5. The van der Waals surface area contributed by atoms with Gasteiger partial charge in [0, 0.05) is 18.2 Å². The second-order valence-electron chi connectivity index (χ2n) is 4.43. The largest absolute Gasteiger partial charge is 0.471 e. The summed E-state index contributed by atoms with van der Waals surface area (Å²) in [5.41, 5.74) is 0.760. The van der Waals surface area contributed by atoms with E-state index in [1.807, 2.05) is 0 Å². The minimum Gasteiger partial charge on any atom is -0.329 e. The molecule has 0 unspecified atom stereocenters. The lowest BCUT2D eigenvalue weighted by atomic mass is 10.2. The SMILES string of the molecule is CCC(=O)N(Cc1ccc(-c2noc(C(F)(F)F)n2)cn1)OC. The van der Waals surface area contributed by atoms with Crippen molar-refractivity contribution in [2.45, 2.75) is 26.1 Å². The molecule has 10 heteroatoms. The summed E-state index contributed by atoms with van der Waals surface area (Å²) in [6.07, 6.45) is -3.13. The van der Waals surface area contributed by atoms with Crippen LogP contribution in [-0.4, -0.2) is 33.2 Å². The van der Waals surface area contributed by atoms with Crippen LogP contribution < -0.4 is 0 Å². The van der Waals surface area contributed by atoms with E-state index in [2.05, 4.69) is 19.6 Å². The summed E-state index contributed by atoms with van der Waals surface area (Å²) in [6, 6.07) is 3.02. The molecule has 2 aromatic heterocycles. The van der Waals surface area contributed by atoms with Crippen LogP contribution >= 0.6 is 0 Å². The summed E-state index contributed by atoms with van der Waals surface area (Å²) in [7, 11) is 1.36. The summed E-state index contributed by atoms with van der Waals surface area (Å²) in [6.45, 7) is 1.81. The number of amides is 1. The van der Waals surface area contributed by atoms with Crippen LogP contribution in [0.2, 0.25) is 0 Å². The first-order valence-corrected chi connectivity index (χ1v) is 6.55. The molecule has 0 aliphatic carbocycles. The van der Waals surface area contributed by atoms with E-state index >= 15 is 0 Å². The Hall–Kier alpha value is -2.49. The Morgan fingerprint density at radius 1 is 1.39 bits per heavy atom. The number of halogens is 3. The second-order valence-corrected chi connectivity index (χ2v) is 4.43. The maximum absolute atomic E-state index is 12.4. The van der Waals surface area contributed by atoms with E-state index in [1.54, 1.807) is 6.92 Å². The fourth-order valence-corrected chi connectivity index (χ4v) is 1.68. The van der Waals surface area contributed by atoms with Gasteiger partial charge in [0.15, 0.2) is 0 Å². The van der Waals surface area contributed by atoms with Gasteiger partial charge in [-0.1, -0.05) is 12.1 Å². The van der Waals surface area contributed by atoms with Gasteiger partial charge in [-0.15, -0.1) is 0 Å². The molecule has 124 valence electrons. The van der Waals surface area contributed by atoms with Crippen molar-refractivity contribution < 1.29 is 27.3 Å². The highest BCUT2D eigenvalue weighted by Crippen LogP contribution is 2.29. The topological polar surface area (TPSA) is 81.4 Å². The van der Waals surface area contributed by atoms with E-state index in [4.69, 9.17) is 4.84 Å². The summed E-state index contributed by atoms with van der Waals surface area (Å²) >= 11 is 0. The first-order valence-electron chi connectivity index (χ1n) is 6.55. The van der Waals surface area contributed by atoms with Crippen LogP contribution in [0.3, 0.4) is 0 Å². The van der Waals surface area contributed by atoms with Crippen molar-refractivity contribution in [3.05, 3.63) is 29.9 Å². The van der Waals surface area contributed by atoms with Gasteiger partial charge in [0.2, 0.25) is 11.7 Å². The number of carbonyl (C=O) groups is 1. The number of alkyl halides is 3. The van der Waals surface area contributed by atoms with Gasteiger partial charge in [0.25, 0.3) is 0 Å². The van der Waals surface area contributed by atoms with Crippen LogP contribution in [0.4, 0.5) is 13.2 Å². The lowest BCUT2D eigenvalue weighted by Crippen LogP contribution is -2.29.